The van der Waals surface area contributed by atoms with Gasteiger partial charge in [-0.2, -0.15) is 0 Å². The Morgan fingerprint density at radius 1 is 1.10 bits per heavy atom. The normalized spacial score (nSPS) is 10.2. The fourth-order valence-corrected chi connectivity index (χ4v) is 2.15. The molecule has 0 aliphatic heterocycles. The summed E-state index contributed by atoms with van der Waals surface area (Å²) in [7, 11) is 1.83. The highest BCUT2D eigenvalue weighted by atomic mass is 35.5. The molecule has 0 atom stereocenters. The molecule has 0 aliphatic carbocycles. The maximum absolute atomic E-state index is 12.1. The zero-order chi connectivity index (χ0) is 15.1. The number of carbonyl (C=O) groups excluding carboxylic acids is 1. The van der Waals surface area contributed by atoms with Gasteiger partial charge in [0, 0.05) is 36.4 Å². The lowest BCUT2D eigenvalue weighted by Crippen LogP contribution is -2.28. The van der Waals surface area contributed by atoms with Gasteiger partial charge in [-0.3, -0.25) is 4.79 Å². The van der Waals surface area contributed by atoms with Crippen LogP contribution >= 0.6 is 11.6 Å². The molecule has 3 nitrogen and oxygen atoms in total. The minimum absolute atomic E-state index is 0.0575. The molecule has 0 unspecified atom stereocenters. The third-order valence-electron chi connectivity index (χ3n) is 3.21. The summed E-state index contributed by atoms with van der Waals surface area (Å²) in [6, 6.07) is 16.9. The van der Waals surface area contributed by atoms with Crippen molar-refractivity contribution in [2.24, 2.45) is 0 Å². The maximum atomic E-state index is 12.1. The second-order valence-electron chi connectivity index (χ2n) is 4.88. The molecule has 0 aromatic heterocycles. The van der Waals surface area contributed by atoms with Gasteiger partial charge in [0.05, 0.1) is 0 Å². The Bertz CT molecular complexity index is 569. The third kappa shape index (κ3) is 4.80. The van der Waals surface area contributed by atoms with Crippen LogP contribution in [0.4, 0.5) is 5.69 Å². The third-order valence-corrected chi connectivity index (χ3v) is 3.46. The van der Waals surface area contributed by atoms with Crippen molar-refractivity contribution < 1.29 is 4.79 Å². The quantitative estimate of drug-likeness (QED) is 0.820. The standard InChI is InChI=1S/C17H19ClN2O/c1-20(17(21)14-6-3-2-4-7-14)13-5-12-19-16-10-8-15(18)9-11-16/h2-4,6-11,19H,5,12-13H2,1H3. The van der Waals surface area contributed by atoms with Crippen LogP contribution in [0.15, 0.2) is 54.6 Å². The van der Waals surface area contributed by atoms with E-state index in [1.165, 1.54) is 0 Å². The number of nitrogens with one attached hydrogen (secondary N) is 1. The number of carbonyl (C=O) groups is 1. The molecule has 2 rings (SSSR count). The smallest absolute Gasteiger partial charge is 0.253 e. The molecule has 1 N–H and O–H groups in total. The summed E-state index contributed by atoms with van der Waals surface area (Å²) in [6.07, 6.45) is 0.887. The topological polar surface area (TPSA) is 32.3 Å². The lowest BCUT2D eigenvalue weighted by molar-refractivity contribution is 0.0794. The van der Waals surface area contributed by atoms with E-state index < -0.39 is 0 Å². The van der Waals surface area contributed by atoms with Crippen LogP contribution in [0, 0.1) is 0 Å². The molecule has 4 heteroatoms. The SMILES string of the molecule is CN(CCCNc1ccc(Cl)cc1)C(=O)c1ccccc1. The van der Waals surface area contributed by atoms with Crippen LogP contribution in [-0.4, -0.2) is 30.9 Å². The number of nitrogens with zero attached hydrogens (tertiary/aromatic N) is 1. The van der Waals surface area contributed by atoms with Crippen LogP contribution in [-0.2, 0) is 0 Å². The van der Waals surface area contributed by atoms with Crippen molar-refractivity contribution in [3.63, 3.8) is 0 Å². The molecule has 0 saturated heterocycles. The molecule has 0 heterocycles. The Balaban J connectivity index is 1.73. The molecule has 0 spiro atoms. The number of rotatable bonds is 6. The molecule has 0 aliphatic rings. The zero-order valence-corrected chi connectivity index (χ0v) is 12.8. The fraction of sp³-hybridized carbons (Fsp3) is 0.235. The summed E-state index contributed by atoms with van der Waals surface area (Å²) in [6.45, 7) is 1.53. The monoisotopic (exact) mass is 302 g/mol. The highest BCUT2D eigenvalue weighted by Crippen LogP contribution is 2.13. The van der Waals surface area contributed by atoms with Gasteiger partial charge in [0.1, 0.15) is 0 Å². The van der Waals surface area contributed by atoms with Gasteiger partial charge < -0.3 is 10.2 Å². The van der Waals surface area contributed by atoms with E-state index in [2.05, 4.69) is 5.32 Å². The minimum Gasteiger partial charge on any atom is -0.385 e. The summed E-state index contributed by atoms with van der Waals surface area (Å²) in [5.74, 6) is 0.0575. The van der Waals surface area contributed by atoms with E-state index in [1.807, 2.05) is 61.6 Å². The largest absolute Gasteiger partial charge is 0.385 e. The molecule has 21 heavy (non-hydrogen) atoms. The summed E-state index contributed by atoms with van der Waals surface area (Å²) in [5.41, 5.74) is 1.77. The van der Waals surface area contributed by atoms with Gasteiger partial charge >= 0.3 is 0 Å². The van der Waals surface area contributed by atoms with E-state index in [0.29, 0.717) is 6.54 Å². The number of hydrogen-bond donors (Lipinski definition) is 1. The van der Waals surface area contributed by atoms with E-state index in [4.69, 9.17) is 11.6 Å². The van der Waals surface area contributed by atoms with Gasteiger partial charge in [0.25, 0.3) is 5.91 Å². The Morgan fingerprint density at radius 2 is 1.76 bits per heavy atom. The van der Waals surface area contributed by atoms with E-state index in [0.717, 1.165) is 29.2 Å². The van der Waals surface area contributed by atoms with E-state index >= 15 is 0 Å². The summed E-state index contributed by atoms with van der Waals surface area (Å²) in [4.78, 5) is 13.9. The molecular weight excluding hydrogens is 284 g/mol. The first-order valence-corrected chi connectivity index (χ1v) is 7.34. The van der Waals surface area contributed by atoms with Crippen LogP contribution in [0.1, 0.15) is 16.8 Å². The second kappa shape index (κ2) is 7.70. The van der Waals surface area contributed by atoms with Crippen LogP contribution in [0.5, 0.6) is 0 Å². The number of anilines is 1. The Labute approximate surface area is 130 Å². The fourth-order valence-electron chi connectivity index (χ4n) is 2.02. The number of hydrogen-bond acceptors (Lipinski definition) is 2. The van der Waals surface area contributed by atoms with E-state index in [-0.39, 0.29) is 5.91 Å². The molecule has 2 aromatic rings. The van der Waals surface area contributed by atoms with E-state index in [1.54, 1.807) is 4.90 Å². The predicted molar refractivity (Wildman–Crippen MR) is 88.0 cm³/mol. The number of benzene rings is 2. The van der Waals surface area contributed by atoms with E-state index in [9.17, 15) is 4.79 Å². The lowest BCUT2D eigenvalue weighted by atomic mass is 10.2. The average Bonchev–Trinajstić information content (AvgIpc) is 2.53. The molecule has 1 amide bonds. The van der Waals surface area contributed by atoms with Crippen molar-refractivity contribution in [3.8, 4) is 0 Å². The van der Waals surface area contributed by atoms with Crippen LogP contribution in [0.3, 0.4) is 0 Å². The first-order valence-electron chi connectivity index (χ1n) is 6.97. The van der Waals surface area contributed by atoms with Crippen molar-refractivity contribution in [2.75, 3.05) is 25.5 Å². The summed E-state index contributed by atoms with van der Waals surface area (Å²) in [5, 5.41) is 4.04. The highest BCUT2D eigenvalue weighted by molar-refractivity contribution is 6.30. The molecule has 0 bridgehead atoms. The first-order chi connectivity index (χ1) is 10.2. The zero-order valence-electron chi connectivity index (χ0n) is 12.1. The molecule has 0 radical (unpaired) electrons. The summed E-state index contributed by atoms with van der Waals surface area (Å²) >= 11 is 5.84. The van der Waals surface area contributed by atoms with Crippen molar-refractivity contribution in [2.45, 2.75) is 6.42 Å². The molecule has 110 valence electrons. The number of halogens is 1. The Morgan fingerprint density at radius 3 is 2.43 bits per heavy atom. The second-order valence-corrected chi connectivity index (χ2v) is 5.32. The molecule has 0 saturated carbocycles. The average molecular weight is 303 g/mol. The lowest BCUT2D eigenvalue weighted by Gasteiger charge is -2.17. The van der Waals surface area contributed by atoms with Gasteiger partial charge in [-0.1, -0.05) is 29.8 Å². The van der Waals surface area contributed by atoms with Crippen molar-refractivity contribution in [1.82, 2.24) is 4.90 Å². The van der Waals surface area contributed by atoms with Crippen LogP contribution in [0.2, 0.25) is 5.02 Å². The van der Waals surface area contributed by atoms with Gasteiger partial charge in [0.15, 0.2) is 0 Å². The van der Waals surface area contributed by atoms with Crippen molar-refractivity contribution in [1.29, 1.82) is 0 Å². The van der Waals surface area contributed by atoms with Gasteiger partial charge in [0.2, 0.25) is 0 Å². The molecular formula is C17H19ClN2O. The van der Waals surface area contributed by atoms with Crippen LogP contribution < -0.4 is 5.32 Å². The van der Waals surface area contributed by atoms with Crippen LogP contribution in [0.25, 0.3) is 0 Å². The molecule has 2 aromatic carbocycles. The first kappa shape index (κ1) is 15.4. The van der Waals surface area contributed by atoms with Gasteiger partial charge in [-0.05, 0) is 42.8 Å². The minimum atomic E-state index is 0.0575. The summed E-state index contributed by atoms with van der Waals surface area (Å²) < 4.78 is 0. The maximum Gasteiger partial charge on any atom is 0.253 e. The van der Waals surface area contributed by atoms with Gasteiger partial charge in [-0.15, -0.1) is 0 Å². The molecule has 0 fully saturated rings. The highest BCUT2D eigenvalue weighted by Gasteiger charge is 2.09. The van der Waals surface area contributed by atoms with Crippen molar-refractivity contribution in [3.05, 3.63) is 65.2 Å². The Hall–Kier alpha value is -2.00. The van der Waals surface area contributed by atoms with Crippen molar-refractivity contribution >= 4 is 23.2 Å². The number of amides is 1. The Kier molecular flexibility index (Phi) is 5.64. The van der Waals surface area contributed by atoms with Gasteiger partial charge in [-0.25, -0.2) is 0 Å². The predicted octanol–water partition coefficient (Wildman–Crippen LogP) is 3.91.